The fourth-order valence-corrected chi connectivity index (χ4v) is 2.75. The molecular weight excluding hydrogens is 350 g/mol. The fraction of sp³-hybridized carbons (Fsp3) is 0.263. The van der Waals surface area contributed by atoms with Crippen molar-refractivity contribution in [3.63, 3.8) is 0 Å². The summed E-state index contributed by atoms with van der Waals surface area (Å²) in [5, 5.41) is 0.0172. The molecule has 0 aliphatic rings. The van der Waals surface area contributed by atoms with Crippen LogP contribution in [0.5, 0.6) is 0 Å². The summed E-state index contributed by atoms with van der Waals surface area (Å²) in [6.07, 6.45) is 1.24. The minimum atomic E-state index is -0.655. The van der Waals surface area contributed by atoms with Crippen molar-refractivity contribution in [2.45, 2.75) is 20.4 Å². The summed E-state index contributed by atoms with van der Waals surface area (Å²) in [6, 6.07) is 9.07. The summed E-state index contributed by atoms with van der Waals surface area (Å²) < 4.78 is 11.6. The van der Waals surface area contributed by atoms with Gasteiger partial charge >= 0.3 is 5.97 Å². The highest BCUT2D eigenvalue weighted by molar-refractivity contribution is 6.03. The molecule has 0 fully saturated rings. The lowest BCUT2D eigenvalue weighted by molar-refractivity contribution is -0.118. The molecule has 3 rings (SSSR count). The molecule has 0 unspecified atom stereocenters. The van der Waals surface area contributed by atoms with Crippen LogP contribution in [-0.4, -0.2) is 35.1 Å². The van der Waals surface area contributed by atoms with Crippen LogP contribution >= 0.6 is 0 Å². The molecule has 27 heavy (non-hydrogen) atoms. The summed E-state index contributed by atoms with van der Waals surface area (Å²) >= 11 is 0. The second-order valence-corrected chi connectivity index (χ2v) is 5.90. The van der Waals surface area contributed by atoms with E-state index < -0.39 is 11.5 Å². The number of likely N-dealkylation sites (N-methyl/N-ethyl adjacent to an activating group) is 1. The fourth-order valence-electron chi connectivity index (χ4n) is 2.75. The van der Waals surface area contributed by atoms with Crippen LogP contribution in [0.4, 0.5) is 5.69 Å². The van der Waals surface area contributed by atoms with Gasteiger partial charge in [-0.1, -0.05) is 18.2 Å². The van der Waals surface area contributed by atoms with Gasteiger partial charge in [-0.3, -0.25) is 14.2 Å². The Morgan fingerprint density at radius 3 is 2.63 bits per heavy atom. The number of para-hydroxylation sites is 1. The summed E-state index contributed by atoms with van der Waals surface area (Å²) in [5.41, 5.74) is 0.258. The van der Waals surface area contributed by atoms with Crippen LogP contribution in [0.25, 0.3) is 11.1 Å². The second kappa shape index (κ2) is 7.45. The molecule has 140 valence electrons. The van der Waals surface area contributed by atoms with Crippen molar-refractivity contribution in [3.05, 3.63) is 58.3 Å². The maximum atomic E-state index is 12.9. The number of rotatable bonds is 5. The van der Waals surface area contributed by atoms with Crippen LogP contribution < -0.4 is 10.5 Å². The Bertz CT molecular complexity index is 1050. The van der Waals surface area contributed by atoms with E-state index in [1.54, 1.807) is 33.0 Å². The zero-order chi connectivity index (χ0) is 19.6. The highest BCUT2D eigenvalue weighted by atomic mass is 16.5. The normalized spacial score (nSPS) is 10.8. The molecule has 3 aromatic rings. The largest absolute Gasteiger partial charge is 0.462 e. The van der Waals surface area contributed by atoms with Gasteiger partial charge in [-0.05, 0) is 26.0 Å². The summed E-state index contributed by atoms with van der Waals surface area (Å²) in [6.45, 7) is 3.18. The van der Waals surface area contributed by atoms with Gasteiger partial charge in [-0.2, -0.15) is 0 Å². The maximum Gasteiger partial charge on any atom is 0.342 e. The van der Waals surface area contributed by atoms with Crippen molar-refractivity contribution in [2.24, 2.45) is 0 Å². The number of carbonyl (C=O) groups excluding carboxylic acids is 2. The van der Waals surface area contributed by atoms with Gasteiger partial charge in [0.15, 0.2) is 0 Å². The molecule has 1 amide bonds. The summed E-state index contributed by atoms with van der Waals surface area (Å²) in [5.74, 6) is -0.709. The molecule has 0 saturated heterocycles. The number of aromatic nitrogens is 2. The Kier molecular flexibility index (Phi) is 5.07. The number of nitrogens with zero attached hydrogens (tertiary/aromatic N) is 3. The highest BCUT2D eigenvalue weighted by Crippen LogP contribution is 2.21. The average Bonchev–Trinajstić information content (AvgIpc) is 3.01. The zero-order valence-corrected chi connectivity index (χ0v) is 15.3. The van der Waals surface area contributed by atoms with E-state index in [1.165, 1.54) is 11.2 Å². The molecule has 2 heterocycles. The molecule has 0 N–H and O–H groups in total. The lowest BCUT2D eigenvalue weighted by Gasteiger charge is -2.17. The van der Waals surface area contributed by atoms with Crippen LogP contribution in [0.15, 0.2) is 45.9 Å². The lowest BCUT2D eigenvalue weighted by atomic mass is 10.2. The number of carbonyl (C=O) groups is 2. The molecule has 0 atom stereocenters. The van der Waals surface area contributed by atoms with Crippen molar-refractivity contribution < 1.29 is 18.7 Å². The zero-order valence-electron chi connectivity index (χ0n) is 15.3. The number of ether oxygens (including phenoxy) is 1. The molecule has 8 nitrogen and oxygen atoms in total. The molecule has 0 spiro atoms. The van der Waals surface area contributed by atoms with E-state index in [9.17, 15) is 14.4 Å². The number of hydrogen-bond donors (Lipinski definition) is 0. The van der Waals surface area contributed by atoms with Gasteiger partial charge in [0.2, 0.25) is 11.6 Å². The Hall–Kier alpha value is -3.42. The van der Waals surface area contributed by atoms with Gasteiger partial charge in [-0.25, -0.2) is 9.78 Å². The summed E-state index contributed by atoms with van der Waals surface area (Å²) in [7, 11) is 1.63. The van der Waals surface area contributed by atoms with Crippen molar-refractivity contribution in [1.29, 1.82) is 0 Å². The minimum Gasteiger partial charge on any atom is -0.462 e. The first-order chi connectivity index (χ1) is 12.9. The number of esters is 1. The Morgan fingerprint density at radius 1 is 1.26 bits per heavy atom. The second-order valence-electron chi connectivity index (χ2n) is 5.90. The van der Waals surface area contributed by atoms with E-state index >= 15 is 0 Å². The molecule has 8 heteroatoms. The number of fused-ring (bicyclic) bond motifs is 1. The summed E-state index contributed by atoms with van der Waals surface area (Å²) in [4.78, 5) is 43.1. The van der Waals surface area contributed by atoms with Crippen LogP contribution in [0.1, 0.15) is 23.0 Å². The number of benzene rings is 1. The first kappa shape index (κ1) is 18.4. The Morgan fingerprint density at radius 2 is 1.96 bits per heavy atom. The standard InChI is InChI=1S/C19H19N3O5/c1-4-26-19(25)15-12(2)27-17-16(15)18(24)22(11-20-17)10-14(23)21(3)13-8-6-5-7-9-13/h5-9,11H,4,10H2,1-3H3. The lowest BCUT2D eigenvalue weighted by Crippen LogP contribution is -2.34. The van der Waals surface area contributed by atoms with Crippen molar-refractivity contribution >= 4 is 28.7 Å². The number of aryl methyl sites for hydroxylation is 1. The van der Waals surface area contributed by atoms with Gasteiger partial charge in [0.1, 0.15) is 29.6 Å². The van der Waals surface area contributed by atoms with Gasteiger partial charge < -0.3 is 14.1 Å². The molecule has 0 saturated carbocycles. The molecule has 1 aromatic carbocycles. The molecule has 0 aliphatic carbocycles. The van der Waals surface area contributed by atoms with E-state index in [0.717, 1.165) is 4.57 Å². The topological polar surface area (TPSA) is 94.6 Å². The number of furan rings is 1. The van der Waals surface area contributed by atoms with Crippen molar-refractivity contribution in [1.82, 2.24) is 9.55 Å². The van der Waals surface area contributed by atoms with E-state index in [4.69, 9.17) is 9.15 Å². The van der Waals surface area contributed by atoms with E-state index in [-0.39, 0.29) is 41.5 Å². The van der Waals surface area contributed by atoms with Crippen LogP contribution in [0, 0.1) is 6.92 Å². The van der Waals surface area contributed by atoms with Gasteiger partial charge in [-0.15, -0.1) is 0 Å². The molecule has 0 radical (unpaired) electrons. The molecule has 2 aromatic heterocycles. The Balaban J connectivity index is 1.97. The smallest absolute Gasteiger partial charge is 0.342 e. The number of hydrogen-bond acceptors (Lipinski definition) is 6. The molecule has 0 aliphatic heterocycles. The highest BCUT2D eigenvalue weighted by Gasteiger charge is 2.24. The minimum absolute atomic E-state index is 0.0172. The third-order valence-electron chi connectivity index (χ3n) is 4.16. The van der Waals surface area contributed by atoms with Gasteiger partial charge in [0.25, 0.3) is 5.56 Å². The van der Waals surface area contributed by atoms with Gasteiger partial charge in [0, 0.05) is 12.7 Å². The quantitative estimate of drug-likeness (QED) is 0.640. The third-order valence-corrected chi connectivity index (χ3v) is 4.16. The van der Waals surface area contributed by atoms with E-state index in [2.05, 4.69) is 4.98 Å². The van der Waals surface area contributed by atoms with Gasteiger partial charge in [0.05, 0.1) is 6.61 Å². The van der Waals surface area contributed by atoms with Crippen molar-refractivity contribution in [3.8, 4) is 0 Å². The predicted octanol–water partition coefficient (Wildman–Crippen LogP) is 2.14. The SMILES string of the molecule is CCOC(=O)c1c(C)oc2ncn(CC(=O)N(C)c3ccccc3)c(=O)c12. The average molecular weight is 369 g/mol. The number of anilines is 1. The molecular formula is C19H19N3O5. The van der Waals surface area contributed by atoms with Crippen LogP contribution in [-0.2, 0) is 16.1 Å². The van der Waals surface area contributed by atoms with Crippen LogP contribution in [0.2, 0.25) is 0 Å². The third kappa shape index (κ3) is 3.46. The first-order valence-electron chi connectivity index (χ1n) is 8.41. The molecule has 0 bridgehead atoms. The van der Waals surface area contributed by atoms with Crippen molar-refractivity contribution in [2.75, 3.05) is 18.6 Å². The monoisotopic (exact) mass is 369 g/mol. The maximum absolute atomic E-state index is 12.9. The Labute approximate surface area is 155 Å². The van der Waals surface area contributed by atoms with E-state index in [1.807, 2.05) is 18.2 Å². The predicted molar refractivity (Wildman–Crippen MR) is 98.8 cm³/mol. The first-order valence-corrected chi connectivity index (χ1v) is 8.41. The van der Waals surface area contributed by atoms with Crippen LogP contribution in [0.3, 0.4) is 0 Å². The number of amides is 1. The van der Waals surface area contributed by atoms with E-state index in [0.29, 0.717) is 5.69 Å².